The minimum Gasteiger partial charge on any atom is -0.491 e. The van der Waals surface area contributed by atoms with E-state index in [1.807, 2.05) is 11.8 Å². The fraction of sp³-hybridized carbons (Fsp3) is 0.500. The van der Waals surface area contributed by atoms with Crippen LogP contribution >= 0.6 is 11.8 Å². The number of piperidine rings is 1. The van der Waals surface area contributed by atoms with E-state index in [1.165, 1.54) is 23.5 Å². The third kappa shape index (κ3) is 5.44. The van der Waals surface area contributed by atoms with E-state index in [2.05, 4.69) is 49.6 Å². The highest BCUT2D eigenvalue weighted by molar-refractivity contribution is 7.99. The van der Waals surface area contributed by atoms with E-state index in [1.54, 1.807) is 6.08 Å². The molecule has 2 nitrogen and oxygen atoms in total. The van der Waals surface area contributed by atoms with Crippen molar-refractivity contribution in [3.63, 3.8) is 0 Å². The van der Waals surface area contributed by atoms with Crippen LogP contribution < -0.4 is 0 Å². The van der Waals surface area contributed by atoms with Gasteiger partial charge in [0.1, 0.15) is 5.60 Å². The van der Waals surface area contributed by atoms with E-state index < -0.39 is 0 Å². The van der Waals surface area contributed by atoms with Gasteiger partial charge < -0.3 is 9.64 Å². The van der Waals surface area contributed by atoms with Crippen molar-refractivity contribution >= 4 is 17.5 Å². The van der Waals surface area contributed by atoms with Crippen LogP contribution in [0.5, 0.6) is 0 Å². The molecule has 0 N–H and O–H groups in total. The number of halogens is 1. The number of thioether (sulfide) groups is 1. The van der Waals surface area contributed by atoms with E-state index in [9.17, 15) is 4.39 Å². The van der Waals surface area contributed by atoms with Gasteiger partial charge in [-0.1, -0.05) is 32.6 Å². The summed E-state index contributed by atoms with van der Waals surface area (Å²) in [6.07, 6.45) is 8.39. The summed E-state index contributed by atoms with van der Waals surface area (Å²) >= 11 is 1.88. The Hall–Kier alpha value is -1.68. The van der Waals surface area contributed by atoms with E-state index in [0.29, 0.717) is 5.25 Å². The Balaban J connectivity index is 1.59. The van der Waals surface area contributed by atoms with Crippen LogP contribution in [0.15, 0.2) is 59.5 Å². The van der Waals surface area contributed by atoms with Crippen molar-refractivity contribution in [3.05, 3.63) is 60.1 Å². The first-order valence-corrected chi connectivity index (χ1v) is 11.2. The lowest BCUT2D eigenvalue weighted by Crippen LogP contribution is -2.46. The second kappa shape index (κ2) is 9.21. The van der Waals surface area contributed by atoms with Crippen molar-refractivity contribution in [1.29, 1.82) is 0 Å². The number of benzene rings is 1. The van der Waals surface area contributed by atoms with Crippen molar-refractivity contribution in [2.24, 2.45) is 0 Å². The van der Waals surface area contributed by atoms with Crippen LogP contribution in [0.1, 0.15) is 58.4 Å². The zero-order valence-corrected chi connectivity index (χ0v) is 18.2. The van der Waals surface area contributed by atoms with Crippen molar-refractivity contribution in [2.45, 2.75) is 68.6 Å². The maximum absolute atomic E-state index is 13.0. The molecule has 2 aliphatic rings. The van der Waals surface area contributed by atoms with E-state index in [-0.39, 0.29) is 11.4 Å². The van der Waals surface area contributed by atoms with Crippen LogP contribution in [-0.4, -0.2) is 28.8 Å². The molecule has 2 heterocycles. The number of nitrogens with zero attached hydrogens (tertiary/aromatic N) is 1. The molecule has 2 fully saturated rings. The number of likely N-dealkylation sites (tertiary alicyclic amines) is 1. The number of allylic oxidation sites excluding steroid dienone is 4. The Morgan fingerprint density at radius 1 is 1.21 bits per heavy atom. The maximum Gasteiger partial charge on any atom is 0.112 e. The summed E-state index contributed by atoms with van der Waals surface area (Å²) in [6.45, 7) is 12.1. The van der Waals surface area contributed by atoms with Gasteiger partial charge >= 0.3 is 0 Å². The summed E-state index contributed by atoms with van der Waals surface area (Å²) in [5, 5.41) is 0.589. The summed E-state index contributed by atoms with van der Waals surface area (Å²) in [4.78, 5) is 3.68. The first-order valence-electron chi connectivity index (χ1n) is 10.3. The van der Waals surface area contributed by atoms with E-state index in [0.717, 1.165) is 56.6 Å². The van der Waals surface area contributed by atoms with Crippen molar-refractivity contribution in [2.75, 3.05) is 13.1 Å². The van der Waals surface area contributed by atoms with Crippen molar-refractivity contribution in [3.8, 4) is 0 Å². The molecule has 2 saturated heterocycles. The molecule has 0 amide bonds. The van der Waals surface area contributed by atoms with Crippen LogP contribution in [0.2, 0.25) is 0 Å². The summed E-state index contributed by atoms with van der Waals surface area (Å²) in [6, 6.07) is 8.75. The van der Waals surface area contributed by atoms with Crippen molar-refractivity contribution < 1.29 is 9.13 Å². The molecular weight excluding hydrogens is 369 g/mol. The Morgan fingerprint density at radius 2 is 1.89 bits per heavy atom. The highest BCUT2D eigenvalue weighted by Gasteiger charge is 2.39. The molecular formula is C24H32FNOS. The third-order valence-electron chi connectivity index (χ3n) is 5.52. The van der Waals surface area contributed by atoms with Gasteiger partial charge in [0, 0.05) is 48.2 Å². The van der Waals surface area contributed by atoms with Gasteiger partial charge in [-0.3, -0.25) is 0 Å². The Labute approximate surface area is 173 Å². The highest BCUT2D eigenvalue weighted by Crippen LogP contribution is 2.40. The zero-order chi connectivity index (χ0) is 20.1. The van der Waals surface area contributed by atoms with Gasteiger partial charge in [-0.2, -0.15) is 0 Å². The van der Waals surface area contributed by atoms with E-state index >= 15 is 0 Å². The molecule has 4 heteroatoms. The summed E-state index contributed by atoms with van der Waals surface area (Å²) in [5.74, 6) is 0.744. The largest absolute Gasteiger partial charge is 0.491 e. The zero-order valence-electron chi connectivity index (χ0n) is 17.3. The van der Waals surface area contributed by atoms with Crippen LogP contribution in [0.4, 0.5) is 4.39 Å². The number of hydrogen-bond donors (Lipinski definition) is 0. The normalized spacial score (nSPS) is 21.2. The van der Waals surface area contributed by atoms with Crippen LogP contribution in [-0.2, 0) is 4.74 Å². The molecule has 3 rings (SSSR count). The van der Waals surface area contributed by atoms with Crippen LogP contribution in [0.3, 0.4) is 0 Å². The van der Waals surface area contributed by atoms with E-state index in [4.69, 9.17) is 4.74 Å². The number of hydrogen-bond acceptors (Lipinski definition) is 3. The molecule has 0 aliphatic carbocycles. The van der Waals surface area contributed by atoms with Gasteiger partial charge in [0.25, 0.3) is 0 Å². The second-order valence-electron chi connectivity index (χ2n) is 8.15. The van der Waals surface area contributed by atoms with Gasteiger partial charge in [-0.15, -0.1) is 11.8 Å². The molecule has 0 unspecified atom stereocenters. The fourth-order valence-electron chi connectivity index (χ4n) is 4.01. The van der Waals surface area contributed by atoms with Gasteiger partial charge in [0.05, 0.1) is 11.6 Å². The first-order chi connectivity index (χ1) is 13.4. The lowest BCUT2D eigenvalue weighted by Gasteiger charge is -2.46. The molecule has 0 bridgehead atoms. The molecule has 0 aromatic heterocycles. The molecule has 1 aromatic carbocycles. The first kappa shape index (κ1) is 21.0. The highest BCUT2D eigenvalue weighted by atomic mass is 32.2. The Bertz CT molecular complexity index is 738. The predicted octanol–water partition coefficient (Wildman–Crippen LogP) is 6.95. The lowest BCUT2D eigenvalue weighted by molar-refractivity contribution is -0.0668. The molecule has 0 saturated carbocycles. The monoisotopic (exact) mass is 401 g/mol. The van der Waals surface area contributed by atoms with Gasteiger partial charge in [0.15, 0.2) is 0 Å². The van der Waals surface area contributed by atoms with Gasteiger partial charge in [-0.05, 0) is 49.6 Å². The van der Waals surface area contributed by atoms with Gasteiger partial charge in [-0.25, -0.2) is 4.39 Å². The minimum atomic E-state index is -0.181. The topological polar surface area (TPSA) is 12.5 Å². The minimum absolute atomic E-state index is 0.0866. The summed E-state index contributed by atoms with van der Waals surface area (Å²) in [7, 11) is 0. The number of ether oxygens (including phenoxy) is 1. The lowest BCUT2D eigenvalue weighted by atomic mass is 9.83. The van der Waals surface area contributed by atoms with Gasteiger partial charge in [0.2, 0.25) is 0 Å². The fourth-order valence-corrected chi connectivity index (χ4v) is 4.84. The van der Waals surface area contributed by atoms with Crippen LogP contribution in [0.25, 0.3) is 5.70 Å². The standard InChI is InChI=1S/C24H32FNOS/c1-18(2)28-23-11-8-21(9-12-23)20(4)26-16-14-24(15-17-26)13-5-6-22(27-24)10-7-19(3)25/h7-12,18H,4-6,13-17H2,1-3H3/b19-7+,22-10+. The molecule has 1 spiro atoms. The molecule has 152 valence electrons. The SMILES string of the molecule is C=C(c1ccc(SC(C)C)cc1)N1CCC2(CCC/C(=C\C=C(/C)F)O2)CC1. The number of rotatable bonds is 5. The third-order valence-corrected chi connectivity index (χ3v) is 6.53. The average Bonchev–Trinajstić information content (AvgIpc) is 2.67. The summed E-state index contributed by atoms with van der Waals surface area (Å²) < 4.78 is 19.4. The summed E-state index contributed by atoms with van der Waals surface area (Å²) in [5.41, 5.74) is 2.20. The smallest absolute Gasteiger partial charge is 0.112 e. The quantitative estimate of drug-likeness (QED) is 0.495. The van der Waals surface area contributed by atoms with Crippen molar-refractivity contribution in [1.82, 2.24) is 4.90 Å². The molecule has 1 aromatic rings. The Kier molecular flexibility index (Phi) is 6.92. The average molecular weight is 402 g/mol. The molecule has 0 radical (unpaired) electrons. The molecule has 28 heavy (non-hydrogen) atoms. The predicted molar refractivity (Wildman–Crippen MR) is 118 cm³/mol. The Morgan fingerprint density at radius 3 is 2.50 bits per heavy atom. The maximum atomic E-state index is 13.0. The second-order valence-corrected chi connectivity index (χ2v) is 9.80. The molecule has 2 aliphatic heterocycles. The molecule has 0 atom stereocenters. The van der Waals surface area contributed by atoms with Crippen LogP contribution in [0, 0.1) is 0 Å².